The van der Waals surface area contributed by atoms with E-state index in [1.54, 1.807) is 10.4 Å². The van der Waals surface area contributed by atoms with Gasteiger partial charge in [0.2, 0.25) is 0 Å². The molecule has 0 aliphatic heterocycles. The average Bonchev–Trinajstić information content (AvgIpc) is 3.01. The second kappa shape index (κ2) is 6.76. The van der Waals surface area contributed by atoms with Crippen molar-refractivity contribution in [3.05, 3.63) is 56.8 Å². The number of rotatable bonds is 6. The van der Waals surface area contributed by atoms with E-state index in [9.17, 15) is 0 Å². The highest BCUT2D eigenvalue weighted by Gasteiger charge is 2.14. The van der Waals surface area contributed by atoms with Crippen LogP contribution in [-0.2, 0) is 32.4 Å². The lowest BCUT2D eigenvalue weighted by atomic mass is 10.0. The molecule has 0 bridgehead atoms. The van der Waals surface area contributed by atoms with Crippen molar-refractivity contribution in [2.75, 3.05) is 0 Å². The second-order valence-electron chi connectivity index (χ2n) is 6.53. The Kier molecular flexibility index (Phi) is 4.77. The van der Waals surface area contributed by atoms with Crippen molar-refractivity contribution < 1.29 is 0 Å². The maximum absolute atomic E-state index is 3.58. The van der Waals surface area contributed by atoms with E-state index in [0.717, 1.165) is 19.0 Å². The van der Waals surface area contributed by atoms with Crippen molar-refractivity contribution in [3.8, 4) is 0 Å². The number of aryl methyl sites for hydroxylation is 2. The van der Waals surface area contributed by atoms with Gasteiger partial charge in [-0.1, -0.05) is 38.1 Å². The predicted octanol–water partition coefficient (Wildman–Crippen LogP) is 4.73. The van der Waals surface area contributed by atoms with Gasteiger partial charge in [-0.2, -0.15) is 0 Å². The molecule has 0 atom stereocenters. The van der Waals surface area contributed by atoms with Crippen LogP contribution >= 0.6 is 11.3 Å². The topological polar surface area (TPSA) is 12.0 Å². The van der Waals surface area contributed by atoms with Crippen LogP contribution < -0.4 is 5.32 Å². The standard InChI is InChI=1S/C19H25NS/c1-14(2)10-15-6-8-16(9-7-15)12-20-13-18-11-17-4-3-5-19(17)21-18/h6-9,11,14,20H,3-5,10,12-13H2,1-2H3. The van der Waals surface area contributed by atoms with Gasteiger partial charge in [0, 0.05) is 22.8 Å². The van der Waals surface area contributed by atoms with Crippen molar-refractivity contribution in [1.29, 1.82) is 0 Å². The van der Waals surface area contributed by atoms with E-state index in [0.29, 0.717) is 0 Å². The molecule has 1 heterocycles. The van der Waals surface area contributed by atoms with Gasteiger partial charge in [-0.05, 0) is 54.4 Å². The molecule has 0 unspecified atom stereocenters. The first-order valence-corrected chi connectivity index (χ1v) is 8.91. The summed E-state index contributed by atoms with van der Waals surface area (Å²) in [6, 6.07) is 11.5. The van der Waals surface area contributed by atoms with Gasteiger partial charge >= 0.3 is 0 Å². The Balaban J connectivity index is 1.48. The first-order valence-electron chi connectivity index (χ1n) is 8.09. The Bertz CT molecular complexity index is 559. The summed E-state index contributed by atoms with van der Waals surface area (Å²) in [7, 11) is 0. The quantitative estimate of drug-likeness (QED) is 0.813. The molecule has 21 heavy (non-hydrogen) atoms. The molecule has 1 aliphatic carbocycles. The number of benzene rings is 1. The maximum Gasteiger partial charge on any atom is 0.0303 e. The smallest absolute Gasteiger partial charge is 0.0303 e. The van der Waals surface area contributed by atoms with E-state index in [1.165, 1.54) is 41.7 Å². The molecule has 0 saturated heterocycles. The Morgan fingerprint density at radius 3 is 2.52 bits per heavy atom. The third-order valence-corrected chi connectivity index (χ3v) is 5.33. The molecule has 2 aromatic rings. The first kappa shape index (κ1) is 14.8. The van der Waals surface area contributed by atoms with E-state index in [2.05, 4.69) is 49.5 Å². The molecule has 112 valence electrons. The van der Waals surface area contributed by atoms with Gasteiger partial charge in [0.15, 0.2) is 0 Å². The molecule has 3 rings (SSSR count). The van der Waals surface area contributed by atoms with Gasteiger partial charge in [0.05, 0.1) is 0 Å². The van der Waals surface area contributed by atoms with Crippen molar-refractivity contribution in [2.24, 2.45) is 5.92 Å². The van der Waals surface area contributed by atoms with Crippen molar-refractivity contribution >= 4 is 11.3 Å². The highest BCUT2D eigenvalue weighted by atomic mass is 32.1. The summed E-state index contributed by atoms with van der Waals surface area (Å²) >= 11 is 2.00. The lowest BCUT2D eigenvalue weighted by molar-refractivity contribution is 0.646. The number of hydrogen-bond donors (Lipinski definition) is 1. The molecule has 0 spiro atoms. The monoisotopic (exact) mass is 299 g/mol. The van der Waals surface area contributed by atoms with Gasteiger partial charge in [0.1, 0.15) is 0 Å². The third-order valence-electron chi connectivity index (χ3n) is 4.09. The molecule has 1 aromatic heterocycles. The molecule has 0 amide bonds. The molecule has 2 heteroatoms. The fraction of sp³-hybridized carbons (Fsp3) is 0.474. The molecule has 1 aliphatic rings. The third kappa shape index (κ3) is 3.96. The highest BCUT2D eigenvalue weighted by molar-refractivity contribution is 7.12. The fourth-order valence-electron chi connectivity index (χ4n) is 3.07. The Labute approximate surface area is 132 Å². The zero-order valence-electron chi connectivity index (χ0n) is 13.1. The Morgan fingerprint density at radius 2 is 1.81 bits per heavy atom. The van der Waals surface area contributed by atoms with E-state index in [4.69, 9.17) is 0 Å². The van der Waals surface area contributed by atoms with E-state index in [-0.39, 0.29) is 0 Å². The molecule has 0 fully saturated rings. The van der Waals surface area contributed by atoms with Crippen LogP contribution in [0.4, 0.5) is 0 Å². The molecular formula is C19H25NS. The van der Waals surface area contributed by atoms with E-state index in [1.807, 2.05) is 11.3 Å². The number of thiophene rings is 1. The molecule has 0 radical (unpaired) electrons. The lowest BCUT2D eigenvalue weighted by Gasteiger charge is -2.07. The summed E-state index contributed by atoms with van der Waals surface area (Å²) in [6.07, 6.45) is 5.13. The van der Waals surface area contributed by atoms with Crippen LogP contribution in [0.3, 0.4) is 0 Å². The summed E-state index contributed by atoms with van der Waals surface area (Å²) in [5.41, 5.74) is 4.44. The van der Waals surface area contributed by atoms with Crippen molar-refractivity contribution in [3.63, 3.8) is 0 Å². The van der Waals surface area contributed by atoms with Gasteiger partial charge < -0.3 is 5.32 Å². The largest absolute Gasteiger partial charge is 0.308 e. The van der Waals surface area contributed by atoms with Crippen LogP contribution in [0.25, 0.3) is 0 Å². The molecule has 0 saturated carbocycles. The van der Waals surface area contributed by atoms with Crippen molar-refractivity contribution in [2.45, 2.75) is 52.6 Å². The maximum atomic E-state index is 3.58. The molecule has 1 N–H and O–H groups in total. The van der Waals surface area contributed by atoms with Gasteiger partial charge in [-0.3, -0.25) is 0 Å². The minimum absolute atomic E-state index is 0.731. The summed E-state index contributed by atoms with van der Waals surface area (Å²) in [4.78, 5) is 3.13. The second-order valence-corrected chi connectivity index (χ2v) is 7.75. The highest BCUT2D eigenvalue weighted by Crippen LogP contribution is 2.30. The van der Waals surface area contributed by atoms with Crippen LogP contribution in [0.15, 0.2) is 30.3 Å². The van der Waals surface area contributed by atoms with Crippen LogP contribution in [0.1, 0.15) is 46.7 Å². The Hall–Kier alpha value is -1.12. The SMILES string of the molecule is CC(C)Cc1ccc(CNCc2cc3c(s2)CCC3)cc1. The zero-order valence-corrected chi connectivity index (χ0v) is 13.9. The zero-order chi connectivity index (χ0) is 14.7. The summed E-state index contributed by atoms with van der Waals surface area (Å²) in [6.45, 7) is 6.51. The minimum Gasteiger partial charge on any atom is -0.308 e. The number of hydrogen-bond acceptors (Lipinski definition) is 2. The summed E-state index contributed by atoms with van der Waals surface area (Å²) < 4.78 is 0. The fourth-order valence-corrected chi connectivity index (χ4v) is 4.30. The molecular weight excluding hydrogens is 274 g/mol. The number of nitrogens with one attached hydrogen (secondary N) is 1. The van der Waals surface area contributed by atoms with Crippen LogP contribution in [-0.4, -0.2) is 0 Å². The first-order chi connectivity index (χ1) is 10.2. The van der Waals surface area contributed by atoms with Crippen molar-refractivity contribution in [1.82, 2.24) is 5.32 Å². The van der Waals surface area contributed by atoms with Crippen LogP contribution in [0.5, 0.6) is 0 Å². The van der Waals surface area contributed by atoms with E-state index >= 15 is 0 Å². The molecule has 1 aromatic carbocycles. The van der Waals surface area contributed by atoms with Crippen LogP contribution in [0, 0.1) is 5.92 Å². The normalized spacial score (nSPS) is 13.9. The van der Waals surface area contributed by atoms with Gasteiger partial charge in [0.25, 0.3) is 0 Å². The summed E-state index contributed by atoms with van der Waals surface area (Å²) in [5.74, 6) is 0.731. The van der Waals surface area contributed by atoms with Gasteiger partial charge in [-0.15, -0.1) is 11.3 Å². The predicted molar refractivity (Wildman–Crippen MR) is 91.9 cm³/mol. The van der Waals surface area contributed by atoms with Crippen LogP contribution in [0.2, 0.25) is 0 Å². The number of fused-ring (bicyclic) bond motifs is 1. The Morgan fingerprint density at radius 1 is 1.05 bits per heavy atom. The lowest BCUT2D eigenvalue weighted by Crippen LogP contribution is -2.11. The van der Waals surface area contributed by atoms with Gasteiger partial charge in [-0.25, -0.2) is 0 Å². The minimum atomic E-state index is 0.731. The average molecular weight is 299 g/mol. The van der Waals surface area contributed by atoms with E-state index < -0.39 is 0 Å². The summed E-state index contributed by atoms with van der Waals surface area (Å²) in [5, 5.41) is 3.58. The molecule has 1 nitrogen and oxygen atoms in total.